The molecule has 2 aromatic carbocycles. The number of imidazole rings is 1. The van der Waals surface area contributed by atoms with Crippen molar-refractivity contribution >= 4 is 16.8 Å². The summed E-state index contributed by atoms with van der Waals surface area (Å²) in [6, 6.07) is 17.9. The molecule has 0 aliphatic rings. The van der Waals surface area contributed by atoms with E-state index in [-0.39, 0.29) is 5.78 Å². The normalized spacial score (nSPS) is 11.1. The topological polar surface area (TPSA) is 70.5 Å². The van der Waals surface area contributed by atoms with Crippen molar-refractivity contribution in [1.82, 2.24) is 14.0 Å². The number of nitrogens with one attached hydrogen (secondary N) is 1. The Labute approximate surface area is 123 Å². The van der Waals surface area contributed by atoms with Gasteiger partial charge in [-0.3, -0.25) is 0 Å². The average molecular weight is 291 g/mol. The van der Waals surface area contributed by atoms with E-state index in [1.807, 2.05) is 24.3 Å². The molecule has 6 nitrogen and oxygen atoms in total. The molecule has 106 valence electrons. The molecule has 0 aliphatic heterocycles. The molecule has 22 heavy (non-hydrogen) atoms. The molecule has 0 bridgehead atoms. The number of hydrogen-bond acceptors (Lipinski definition) is 3. The zero-order chi connectivity index (χ0) is 15.1. The Morgan fingerprint density at radius 1 is 0.864 bits per heavy atom. The molecule has 6 heteroatoms. The molecule has 0 amide bonds. The number of fused-ring (bicyclic) bond motifs is 3. The third kappa shape index (κ3) is 1.74. The second-order valence-electron chi connectivity index (χ2n) is 4.84. The molecule has 0 fully saturated rings. The van der Waals surface area contributed by atoms with Gasteiger partial charge >= 0.3 is 17.2 Å². The number of rotatable bonds is 1. The average Bonchev–Trinajstić information content (AvgIpc) is 2.70. The summed E-state index contributed by atoms with van der Waals surface area (Å²) in [4.78, 5) is 32.0. The van der Waals surface area contributed by atoms with Gasteiger partial charge in [0, 0.05) is 0 Å². The summed E-state index contributed by atoms with van der Waals surface area (Å²) in [6.07, 6.45) is 0. The summed E-state index contributed by atoms with van der Waals surface area (Å²) in [5.74, 6) is 0.239. The van der Waals surface area contributed by atoms with E-state index in [4.69, 9.17) is 0 Å². The van der Waals surface area contributed by atoms with E-state index in [0.717, 1.165) is 4.57 Å². The number of benzene rings is 1. The molecular formula is C16H11N4O2+. The second kappa shape index (κ2) is 4.63. The van der Waals surface area contributed by atoms with Crippen LogP contribution in [0.1, 0.15) is 0 Å². The third-order valence-corrected chi connectivity index (χ3v) is 3.49. The lowest BCUT2D eigenvalue weighted by atomic mass is 10.3. The number of nitrogens with zero attached hydrogens (tertiary/aromatic N) is 3. The van der Waals surface area contributed by atoms with Gasteiger partial charge in [-0.1, -0.05) is 36.4 Å². The molecule has 4 rings (SSSR count). The zero-order valence-corrected chi connectivity index (χ0v) is 11.4. The molecule has 0 unspecified atom stereocenters. The highest BCUT2D eigenvalue weighted by atomic mass is 16.2. The fourth-order valence-electron chi connectivity index (χ4n) is 2.51. The lowest BCUT2D eigenvalue weighted by Crippen LogP contribution is -2.46. The van der Waals surface area contributed by atoms with Crippen LogP contribution >= 0.6 is 0 Å². The van der Waals surface area contributed by atoms with Crippen LogP contribution in [0.15, 0.2) is 70.3 Å². The minimum atomic E-state index is -0.511. The van der Waals surface area contributed by atoms with Gasteiger partial charge in [-0.2, -0.15) is 4.40 Å². The fourth-order valence-corrected chi connectivity index (χ4v) is 2.51. The maximum Gasteiger partial charge on any atom is 0.431 e. The largest absolute Gasteiger partial charge is 0.431 e. The lowest BCUT2D eigenvalue weighted by Gasteiger charge is -1.98. The third-order valence-electron chi connectivity index (χ3n) is 3.49. The zero-order valence-electron chi connectivity index (χ0n) is 11.4. The van der Waals surface area contributed by atoms with Gasteiger partial charge in [0.1, 0.15) is 5.52 Å². The molecule has 4 aromatic rings. The molecule has 1 N–H and O–H groups in total. The van der Waals surface area contributed by atoms with Crippen LogP contribution in [0.2, 0.25) is 0 Å². The highest BCUT2D eigenvalue weighted by molar-refractivity contribution is 5.77. The quantitative estimate of drug-likeness (QED) is 0.521. The highest BCUT2D eigenvalue weighted by Gasteiger charge is 2.20. The summed E-state index contributed by atoms with van der Waals surface area (Å²) in [5, 5.41) is 0. The second-order valence-corrected chi connectivity index (χ2v) is 4.84. The van der Waals surface area contributed by atoms with Crippen molar-refractivity contribution < 1.29 is 4.98 Å². The predicted molar refractivity (Wildman–Crippen MR) is 81.1 cm³/mol. The number of para-hydroxylation sites is 1. The SMILES string of the molecule is O=c1[nH+]c2nc3cccccc3n2c(=O)n1-c1ccccc1. The van der Waals surface area contributed by atoms with Crippen molar-refractivity contribution in [2.75, 3.05) is 0 Å². The Balaban J connectivity index is 2.22. The van der Waals surface area contributed by atoms with Crippen LogP contribution in [-0.4, -0.2) is 14.0 Å². The standard InChI is InChI=1S/C16H10N4O2/c21-15-18-14-17-12-9-5-2-6-10-13(12)20(14)16(22)19(15)11-7-3-1-4-8-11/h1-10H/p+1. The maximum absolute atomic E-state index is 12.8. The van der Waals surface area contributed by atoms with E-state index < -0.39 is 11.4 Å². The van der Waals surface area contributed by atoms with Crippen LogP contribution in [0.25, 0.3) is 22.5 Å². The molecule has 0 aliphatic carbocycles. The van der Waals surface area contributed by atoms with Gasteiger partial charge in [0.15, 0.2) is 5.52 Å². The van der Waals surface area contributed by atoms with Crippen molar-refractivity contribution in [2.24, 2.45) is 0 Å². The molecule has 2 heterocycles. The Morgan fingerprint density at radius 2 is 1.55 bits per heavy atom. The molecule has 0 spiro atoms. The van der Waals surface area contributed by atoms with Crippen molar-refractivity contribution in [3.8, 4) is 5.69 Å². The first-order chi connectivity index (χ1) is 10.8. The van der Waals surface area contributed by atoms with Gasteiger partial charge in [-0.25, -0.2) is 14.6 Å². The molecule has 2 aromatic heterocycles. The van der Waals surface area contributed by atoms with E-state index in [9.17, 15) is 9.59 Å². The van der Waals surface area contributed by atoms with E-state index in [0.29, 0.717) is 16.7 Å². The van der Waals surface area contributed by atoms with Crippen molar-refractivity contribution in [1.29, 1.82) is 0 Å². The van der Waals surface area contributed by atoms with Gasteiger partial charge in [-0.05, 0) is 24.3 Å². The monoisotopic (exact) mass is 291 g/mol. The number of aromatic amines is 1. The first-order valence-electron chi connectivity index (χ1n) is 6.77. The smallest absolute Gasteiger partial charge is 0.220 e. The maximum atomic E-state index is 12.8. The van der Waals surface area contributed by atoms with E-state index in [1.165, 1.54) is 4.40 Å². The van der Waals surface area contributed by atoms with Crippen LogP contribution in [0.5, 0.6) is 0 Å². The number of hydrogen-bond donors (Lipinski definition) is 0. The number of aromatic nitrogens is 4. The highest BCUT2D eigenvalue weighted by Crippen LogP contribution is 2.10. The van der Waals surface area contributed by atoms with Crippen LogP contribution in [0.3, 0.4) is 0 Å². The molecule has 0 saturated heterocycles. The minimum absolute atomic E-state index is 0.239. The Morgan fingerprint density at radius 3 is 2.32 bits per heavy atom. The summed E-state index contributed by atoms with van der Waals surface area (Å²) < 4.78 is 2.50. The van der Waals surface area contributed by atoms with Gasteiger partial charge in [0.25, 0.3) is 0 Å². The van der Waals surface area contributed by atoms with Crippen LogP contribution in [-0.2, 0) is 0 Å². The first kappa shape index (κ1) is 12.5. The predicted octanol–water partition coefficient (Wildman–Crippen LogP) is 0.813. The van der Waals surface area contributed by atoms with Crippen molar-refractivity contribution in [3.05, 3.63) is 81.6 Å². The van der Waals surface area contributed by atoms with Crippen molar-refractivity contribution in [2.45, 2.75) is 0 Å². The first-order valence-corrected chi connectivity index (χ1v) is 6.77. The summed E-state index contributed by atoms with van der Waals surface area (Å²) in [6.45, 7) is 0. The lowest BCUT2D eigenvalue weighted by molar-refractivity contribution is -0.381. The van der Waals surface area contributed by atoms with Crippen LogP contribution in [0, 0.1) is 0 Å². The molecular weight excluding hydrogens is 280 g/mol. The molecule has 0 saturated carbocycles. The van der Waals surface area contributed by atoms with Crippen molar-refractivity contribution in [3.63, 3.8) is 0 Å². The fraction of sp³-hybridized carbons (Fsp3) is 0. The van der Waals surface area contributed by atoms with Crippen LogP contribution in [0.4, 0.5) is 0 Å². The molecule has 0 radical (unpaired) electrons. The van der Waals surface area contributed by atoms with Gasteiger partial charge in [-0.15, -0.1) is 9.55 Å². The summed E-state index contributed by atoms with van der Waals surface area (Å²) in [5.41, 5.74) is 0.842. The van der Waals surface area contributed by atoms with E-state index in [2.05, 4.69) is 9.97 Å². The van der Waals surface area contributed by atoms with Gasteiger partial charge in [0.05, 0.1) is 5.69 Å². The minimum Gasteiger partial charge on any atom is -0.220 e. The summed E-state index contributed by atoms with van der Waals surface area (Å²) in [7, 11) is 0. The molecule has 0 atom stereocenters. The van der Waals surface area contributed by atoms with Gasteiger partial charge < -0.3 is 0 Å². The van der Waals surface area contributed by atoms with E-state index in [1.54, 1.807) is 36.4 Å². The van der Waals surface area contributed by atoms with E-state index >= 15 is 0 Å². The summed E-state index contributed by atoms with van der Waals surface area (Å²) >= 11 is 0. The Kier molecular flexibility index (Phi) is 2.62. The Bertz CT molecular complexity index is 1110. The number of H-pyrrole nitrogens is 1. The van der Waals surface area contributed by atoms with Crippen LogP contribution < -0.4 is 16.4 Å². The van der Waals surface area contributed by atoms with Gasteiger partial charge in [0.2, 0.25) is 0 Å². The Hall–Kier alpha value is -3.28.